The minimum absolute atomic E-state index is 0.837. The van der Waals surface area contributed by atoms with Crippen molar-refractivity contribution in [3.8, 4) is 11.5 Å². The molecule has 20 heavy (non-hydrogen) atoms. The fourth-order valence-corrected chi connectivity index (χ4v) is 4.42. The third-order valence-corrected chi connectivity index (χ3v) is 5.96. The summed E-state index contributed by atoms with van der Waals surface area (Å²) in [6.07, 6.45) is 0.998. The molecule has 0 N–H and O–H groups in total. The second kappa shape index (κ2) is 6.96. The molecule has 3 heteroatoms. The van der Waals surface area contributed by atoms with Gasteiger partial charge in [-0.2, -0.15) is 0 Å². The summed E-state index contributed by atoms with van der Waals surface area (Å²) in [4.78, 5) is 0. The molecule has 0 aromatic heterocycles. The Balaban J connectivity index is 2.23. The molecule has 0 unspecified atom stereocenters. The first-order chi connectivity index (χ1) is 9.78. The molecule has 0 saturated heterocycles. The Hall–Kier alpha value is -2.00. The highest BCUT2D eigenvalue weighted by Gasteiger charge is 2.38. The van der Waals surface area contributed by atoms with E-state index >= 15 is 0 Å². The maximum Gasteiger partial charge on any atom is 0.487 e. The van der Waals surface area contributed by atoms with Crippen LogP contribution in [0.15, 0.2) is 72.9 Å². The van der Waals surface area contributed by atoms with Gasteiger partial charge in [0.05, 0.1) is 0 Å². The molecule has 2 aromatic carbocycles. The van der Waals surface area contributed by atoms with Gasteiger partial charge in [-0.1, -0.05) is 49.7 Å². The van der Waals surface area contributed by atoms with Crippen molar-refractivity contribution in [1.29, 1.82) is 0 Å². The van der Waals surface area contributed by atoms with Crippen LogP contribution in [0, 0.1) is 0 Å². The molecular formula is C17H20O2Si. The normalized spacial score (nSPS) is 10.8. The summed E-state index contributed by atoms with van der Waals surface area (Å²) in [6.45, 7) is 6.09. The highest BCUT2D eigenvalue weighted by atomic mass is 28.4. The van der Waals surface area contributed by atoms with Gasteiger partial charge in [-0.05, 0) is 30.0 Å². The van der Waals surface area contributed by atoms with Crippen LogP contribution in [0.2, 0.25) is 6.04 Å². The van der Waals surface area contributed by atoms with E-state index < -0.39 is 8.56 Å². The highest BCUT2D eigenvalue weighted by Crippen LogP contribution is 2.24. The molecule has 0 bridgehead atoms. The minimum atomic E-state index is -2.49. The molecular weight excluding hydrogens is 264 g/mol. The summed E-state index contributed by atoms with van der Waals surface area (Å²) in [5.41, 5.74) is 1.87. The topological polar surface area (TPSA) is 18.5 Å². The number of para-hydroxylation sites is 2. The first-order valence-electron chi connectivity index (χ1n) is 6.90. The van der Waals surface area contributed by atoms with Gasteiger partial charge in [-0.25, -0.2) is 0 Å². The molecule has 0 heterocycles. The van der Waals surface area contributed by atoms with Crippen molar-refractivity contribution in [1.82, 2.24) is 0 Å². The average Bonchev–Trinajstić information content (AvgIpc) is 2.49. The van der Waals surface area contributed by atoms with E-state index in [0.717, 1.165) is 24.0 Å². The van der Waals surface area contributed by atoms with Gasteiger partial charge in [0.15, 0.2) is 0 Å². The molecule has 0 radical (unpaired) electrons. The van der Waals surface area contributed by atoms with E-state index in [1.165, 1.54) is 0 Å². The Morgan fingerprint density at radius 1 is 0.900 bits per heavy atom. The lowest BCUT2D eigenvalue weighted by Gasteiger charge is -2.28. The van der Waals surface area contributed by atoms with Gasteiger partial charge in [0.1, 0.15) is 11.5 Å². The molecule has 0 aliphatic rings. The fraction of sp³-hybridized carbons (Fsp3) is 0.176. The lowest BCUT2D eigenvalue weighted by Crippen LogP contribution is -2.46. The van der Waals surface area contributed by atoms with Crippen LogP contribution in [0.3, 0.4) is 0 Å². The van der Waals surface area contributed by atoms with Crippen molar-refractivity contribution in [2.24, 2.45) is 0 Å². The summed E-state index contributed by atoms with van der Waals surface area (Å²) < 4.78 is 12.4. The molecule has 2 nitrogen and oxygen atoms in total. The van der Waals surface area contributed by atoms with Crippen LogP contribution in [0.1, 0.15) is 13.3 Å². The quantitative estimate of drug-likeness (QED) is 0.685. The average molecular weight is 284 g/mol. The summed E-state index contributed by atoms with van der Waals surface area (Å²) in [7, 11) is -2.49. The van der Waals surface area contributed by atoms with Gasteiger partial charge in [0, 0.05) is 6.04 Å². The van der Waals surface area contributed by atoms with Crippen LogP contribution in [-0.2, 0) is 0 Å². The van der Waals surface area contributed by atoms with Crippen LogP contribution < -0.4 is 8.85 Å². The number of rotatable bonds is 7. The van der Waals surface area contributed by atoms with Gasteiger partial charge in [0.25, 0.3) is 0 Å². The van der Waals surface area contributed by atoms with E-state index in [0.29, 0.717) is 0 Å². The first kappa shape index (κ1) is 14.4. The van der Waals surface area contributed by atoms with Crippen molar-refractivity contribution >= 4 is 8.56 Å². The third-order valence-electron chi connectivity index (χ3n) is 2.98. The smallest absolute Gasteiger partial charge is 0.487 e. The third kappa shape index (κ3) is 3.74. The number of hydrogen-bond donors (Lipinski definition) is 0. The van der Waals surface area contributed by atoms with E-state index in [1.807, 2.05) is 66.4 Å². The SMILES string of the molecule is C=C[Si](CCC)(Oc1ccccc1)Oc1ccccc1. The number of benzene rings is 2. The van der Waals surface area contributed by atoms with Crippen molar-refractivity contribution in [3.05, 3.63) is 72.9 Å². The first-order valence-corrected chi connectivity index (χ1v) is 9.00. The lowest BCUT2D eigenvalue weighted by atomic mass is 10.3. The molecule has 0 atom stereocenters. The monoisotopic (exact) mass is 284 g/mol. The molecule has 0 spiro atoms. The molecule has 0 aliphatic heterocycles. The maximum atomic E-state index is 6.19. The van der Waals surface area contributed by atoms with Gasteiger partial charge >= 0.3 is 8.56 Å². The van der Waals surface area contributed by atoms with Crippen molar-refractivity contribution < 1.29 is 8.85 Å². The fourth-order valence-electron chi connectivity index (χ4n) is 2.03. The van der Waals surface area contributed by atoms with Crippen molar-refractivity contribution in [3.63, 3.8) is 0 Å². The standard InChI is InChI=1S/C17H20O2Si/c1-3-15-20(4-2,18-16-11-7-5-8-12-16)19-17-13-9-6-10-14-17/h4-14H,2-3,15H2,1H3. The van der Waals surface area contributed by atoms with E-state index in [4.69, 9.17) is 8.85 Å². The zero-order valence-corrected chi connectivity index (χ0v) is 12.8. The Kier molecular flexibility index (Phi) is 5.01. The lowest BCUT2D eigenvalue weighted by molar-refractivity contribution is 0.395. The van der Waals surface area contributed by atoms with Crippen molar-refractivity contribution in [2.45, 2.75) is 19.4 Å². The van der Waals surface area contributed by atoms with E-state index in [1.54, 1.807) is 0 Å². The van der Waals surface area contributed by atoms with E-state index in [2.05, 4.69) is 13.5 Å². The summed E-state index contributed by atoms with van der Waals surface area (Å²) in [5.74, 6) is 1.67. The molecule has 0 aliphatic carbocycles. The predicted octanol–water partition coefficient (Wildman–Crippen LogP) is 4.72. The highest BCUT2D eigenvalue weighted by molar-refractivity contribution is 6.73. The van der Waals surface area contributed by atoms with Gasteiger partial charge in [0.2, 0.25) is 0 Å². The molecule has 0 fully saturated rings. The van der Waals surface area contributed by atoms with E-state index in [-0.39, 0.29) is 0 Å². The zero-order chi connectivity index (χ0) is 14.3. The molecule has 2 rings (SSSR count). The Morgan fingerprint density at radius 3 is 1.70 bits per heavy atom. The van der Waals surface area contributed by atoms with Crippen LogP contribution in [0.4, 0.5) is 0 Å². The molecule has 0 amide bonds. The van der Waals surface area contributed by atoms with Crippen LogP contribution in [0.25, 0.3) is 0 Å². The summed E-state index contributed by atoms with van der Waals surface area (Å²) in [6, 6.07) is 20.5. The largest absolute Gasteiger partial charge is 0.509 e. The predicted molar refractivity (Wildman–Crippen MR) is 85.2 cm³/mol. The van der Waals surface area contributed by atoms with Crippen molar-refractivity contribution in [2.75, 3.05) is 0 Å². The Labute approximate surface area is 121 Å². The minimum Gasteiger partial charge on any atom is -0.509 e. The second-order valence-corrected chi connectivity index (χ2v) is 7.54. The van der Waals surface area contributed by atoms with Gasteiger partial charge in [-0.15, -0.1) is 6.58 Å². The van der Waals surface area contributed by atoms with Gasteiger partial charge in [-0.3, -0.25) is 0 Å². The Bertz CT molecular complexity index is 484. The molecule has 0 saturated carbocycles. The number of hydrogen-bond acceptors (Lipinski definition) is 2. The maximum absolute atomic E-state index is 6.19. The van der Waals surface area contributed by atoms with Crippen LogP contribution in [0.5, 0.6) is 11.5 Å². The Morgan fingerprint density at radius 2 is 1.35 bits per heavy atom. The molecule has 104 valence electrons. The summed E-state index contributed by atoms with van der Waals surface area (Å²) >= 11 is 0. The molecule has 2 aromatic rings. The van der Waals surface area contributed by atoms with E-state index in [9.17, 15) is 0 Å². The zero-order valence-electron chi connectivity index (χ0n) is 11.8. The summed E-state index contributed by atoms with van der Waals surface area (Å²) in [5, 5.41) is 0. The van der Waals surface area contributed by atoms with Gasteiger partial charge < -0.3 is 8.85 Å². The second-order valence-electron chi connectivity index (χ2n) is 4.60. The van der Waals surface area contributed by atoms with Crippen LogP contribution in [-0.4, -0.2) is 8.56 Å². The van der Waals surface area contributed by atoms with Crippen LogP contribution >= 0.6 is 0 Å².